The average molecular weight is 293 g/mol. The van der Waals surface area contributed by atoms with Gasteiger partial charge in [-0.3, -0.25) is 10.2 Å². The van der Waals surface area contributed by atoms with Crippen LogP contribution in [0.4, 0.5) is 8.78 Å². The first-order valence-electron chi connectivity index (χ1n) is 5.57. The number of hydrogen-bond donors (Lipinski definition) is 2. The second-order valence-corrected chi connectivity index (χ2v) is 4.79. The van der Waals surface area contributed by atoms with Crippen molar-refractivity contribution in [2.24, 2.45) is 5.84 Å². The molecule has 3 N–H and O–H groups in total. The highest BCUT2D eigenvalue weighted by atomic mass is 35.5. The fourth-order valence-electron chi connectivity index (χ4n) is 1.49. The summed E-state index contributed by atoms with van der Waals surface area (Å²) < 4.78 is 31.2. The smallest absolute Gasteiger partial charge is 0.425 e. The van der Waals surface area contributed by atoms with Gasteiger partial charge in [-0.05, 0) is 36.1 Å². The zero-order chi connectivity index (χ0) is 14.8. The molecule has 0 aliphatic carbocycles. The van der Waals surface area contributed by atoms with Gasteiger partial charge in [0.2, 0.25) is 0 Å². The van der Waals surface area contributed by atoms with E-state index in [1.807, 2.05) is 13.8 Å². The third kappa shape index (κ3) is 3.54. The Hall–Kier alpha value is -1.40. The van der Waals surface area contributed by atoms with Crippen molar-refractivity contribution in [1.29, 1.82) is 0 Å². The number of nitrogens with one attached hydrogen (secondary N) is 1. The Labute approximate surface area is 114 Å². The zero-order valence-electron chi connectivity index (χ0n) is 10.8. The van der Waals surface area contributed by atoms with Gasteiger partial charge in [0.25, 0.3) is 0 Å². The van der Waals surface area contributed by atoms with E-state index in [0.29, 0.717) is 16.1 Å². The van der Waals surface area contributed by atoms with Crippen molar-refractivity contribution in [3.8, 4) is 5.75 Å². The molecule has 0 unspecified atom stereocenters. The lowest BCUT2D eigenvalue weighted by Crippen LogP contribution is -2.47. The Balaban J connectivity index is 3.14. The first kappa shape index (κ1) is 15.7. The lowest BCUT2D eigenvalue weighted by Gasteiger charge is -2.19. The molecule has 0 atom stereocenters. The SMILES string of the molecule is Cc1cc(Cl)c(C(C)C)cc1OC(F)(F)C(=O)NN. The van der Waals surface area contributed by atoms with E-state index in [0.717, 1.165) is 0 Å². The number of benzene rings is 1. The first-order chi connectivity index (χ1) is 8.69. The third-order valence-electron chi connectivity index (χ3n) is 2.55. The maximum Gasteiger partial charge on any atom is 0.483 e. The highest BCUT2D eigenvalue weighted by Crippen LogP contribution is 2.33. The number of hydrazine groups is 1. The molecule has 0 aromatic heterocycles. The molecule has 0 bridgehead atoms. The molecule has 0 aliphatic heterocycles. The lowest BCUT2D eigenvalue weighted by atomic mass is 10.0. The standard InChI is InChI=1S/C12H15ClF2N2O2/c1-6(2)8-5-10(7(3)4-9(8)13)19-12(14,15)11(18)17-16/h4-6H,16H2,1-3H3,(H,17,18). The second kappa shape index (κ2) is 5.71. The summed E-state index contributed by atoms with van der Waals surface area (Å²) in [5.74, 6) is 2.88. The topological polar surface area (TPSA) is 64.3 Å². The molecule has 1 aromatic rings. The van der Waals surface area contributed by atoms with Crippen molar-refractivity contribution in [1.82, 2.24) is 5.43 Å². The molecule has 0 heterocycles. The van der Waals surface area contributed by atoms with Gasteiger partial charge in [0.15, 0.2) is 0 Å². The van der Waals surface area contributed by atoms with Crippen LogP contribution in [-0.2, 0) is 4.79 Å². The molecule has 1 amide bonds. The van der Waals surface area contributed by atoms with Crippen LogP contribution in [0.2, 0.25) is 5.02 Å². The highest BCUT2D eigenvalue weighted by molar-refractivity contribution is 6.31. The van der Waals surface area contributed by atoms with Crippen molar-refractivity contribution >= 4 is 17.5 Å². The van der Waals surface area contributed by atoms with Crippen LogP contribution in [0.25, 0.3) is 0 Å². The minimum absolute atomic E-state index is 0.0346. The summed E-state index contributed by atoms with van der Waals surface area (Å²) in [4.78, 5) is 10.9. The summed E-state index contributed by atoms with van der Waals surface area (Å²) in [5, 5.41) is 0.464. The fraction of sp³-hybridized carbons (Fsp3) is 0.417. The largest absolute Gasteiger partial charge is 0.483 e. The van der Waals surface area contributed by atoms with Gasteiger partial charge in [0.1, 0.15) is 5.75 Å². The number of nitrogens with two attached hydrogens (primary N) is 1. The summed E-state index contributed by atoms with van der Waals surface area (Å²) >= 11 is 6.02. The molecule has 106 valence electrons. The van der Waals surface area contributed by atoms with E-state index in [2.05, 4.69) is 10.6 Å². The Morgan fingerprint density at radius 1 is 1.47 bits per heavy atom. The quantitative estimate of drug-likeness (QED) is 0.509. The van der Waals surface area contributed by atoms with E-state index in [1.165, 1.54) is 17.6 Å². The van der Waals surface area contributed by atoms with E-state index in [4.69, 9.17) is 11.6 Å². The predicted molar refractivity (Wildman–Crippen MR) is 68.2 cm³/mol. The van der Waals surface area contributed by atoms with Gasteiger partial charge in [-0.2, -0.15) is 8.78 Å². The summed E-state index contributed by atoms with van der Waals surface area (Å²) in [6.07, 6.45) is -4.04. The molecule has 1 rings (SSSR count). The van der Waals surface area contributed by atoms with Crippen molar-refractivity contribution in [2.75, 3.05) is 0 Å². The summed E-state index contributed by atoms with van der Waals surface area (Å²) in [5.41, 5.74) is 2.41. The molecule has 1 aromatic carbocycles. The lowest BCUT2D eigenvalue weighted by molar-refractivity contribution is -0.193. The van der Waals surface area contributed by atoms with Crippen molar-refractivity contribution in [3.63, 3.8) is 0 Å². The monoisotopic (exact) mass is 292 g/mol. The van der Waals surface area contributed by atoms with E-state index < -0.39 is 12.0 Å². The Kier molecular flexibility index (Phi) is 4.70. The van der Waals surface area contributed by atoms with Crippen LogP contribution >= 0.6 is 11.6 Å². The molecule has 0 radical (unpaired) electrons. The van der Waals surface area contributed by atoms with Crippen LogP contribution in [0.5, 0.6) is 5.75 Å². The maximum atomic E-state index is 13.4. The number of hydrogen-bond acceptors (Lipinski definition) is 3. The van der Waals surface area contributed by atoms with Crippen molar-refractivity contribution < 1.29 is 18.3 Å². The van der Waals surface area contributed by atoms with Gasteiger partial charge < -0.3 is 4.74 Å². The minimum Gasteiger partial charge on any atom is -0.425 e. The van der Waals surface area contributed by atoms with Gasteiger partial charge in [-0.15, -0.1) is 0 Å². The molecular weight excluding hydrogens is 278 g/mol. The zero-order valence-corrected chi connectivity index (χ0v) is 11.5. The number of amides is 1. The molecule has 4 nitrogen and oxygen atoms in total. The number of halogens is 3. The third-order valence-corrected chi connectivity index (χ3v) is 2.88. The fourth-order valence-corrected chi connectivity index (χ4v) is 1.93. The van der Waals surface area contributed by atoms with Gasteiger partial charge in [0.05, 0.1) is 0 Å². The van der Waals surface area contributed by atoms with Crippen LogP contribution in [0, 0.1) is 6.92 Å². The van der Waals surface area contributed by atoms with Gasteiger partial charge in [0, 0.05) is 5.02 Å². The van der Waals surface area contributed by atoms with Gasteiger partial charge in [-0.1, -0.05) is 25.4 Å². The van der Waals surface area contributed by atoms with Crippen molar-refractivity contribution in [3.05, 3.63) is 28.3 Å². The molecule has 0 spiro atoms. The van der Waals surface area contributed by atoms with E-state index in [1.54, 1.807) is 6.92 Å². The summed E-state index contributed by atoms with van der Waals surface area (Å²) in [7, 11) is 0. The highest BCUT2D eigenvalue weighted by Gasteiger charge is 2.42. The molecule has 0 saturated carbocycles. The average Bonchev–Trinajstić information content (AvgIpc) is 2.30. The van der Waals surface area contributed by atoms with Crippen LogP contribution in [0.15, 0.2) is 12.1 Å². The van der Waals surface area contributed by atoms with Gasteiger partial charge in [-0.25, -0.2) is 5.84 Å². The Bertz CT molecular complexity index is 493. The normalized spacial score (nSPS) is 11.6. The molecule has 0 fully saturated rings. The molecule has 19 heavy (non-hydrogen) atoms. The Morgan fingerprint density at radius 3 is 2.53 bits per heavy atom. The number of ether oxygens (including phenoxy) is 1. The van der Waals surface area contributed by atoms with E-state index >= 15 is 0 Å². The molecular formula is C12H15ClF2N2O2. The molecule has 7 heteroatoms. The van der Waals surface area contributed by atoms with Crippen LogP contribution in [-0.4, -0.2) is 12.0 Å². The van der Waals surface area contributed by atoms with Gasteiger partial charge >= 0.3 is 12.0 Å². The first-order valence-corrected chi connectivity index (χ1v) is 5.94. The minimum atomic E-state index is -4.04. The van der Waals surface area contributed by atoms with E-state index in [9.17, 15) is 13.6 Å². The number of aryl methyl sites for hydroxylation is 1. The van der Waals surface area contributed by atoms with Crippen LogP contribution in [0.3, 0.4) is 0 Å². The molecule has 0 aliphatic rings. The summed E-state index contributed by atoms with van der Waals surface area (Å²) in [6, 6.07) is 2.92. The maximum absolute atomic E-state index is 13.4. The number of carbonyl (C=O) groups is 1. The Morgan fingerprint density at radius 2 is 2.05 bits per heavy atom. The van der Waals surface area contributed by atoms with Crippen molar-refractivity contribution in [2.45, 2.75) is 32.8 Å². The second-order valence-electron chi connectivity index (χ2n) is 4.39. The van der Waals surface area contributed by atoms with Crippen LogP contribution in [0.1, 0.15) is 30.9 Å². The number of rotatable bonds is 4. The number of alkyl halides is 2. The predicted octanol–water partition coefficient (Wildman–Crippen LogP) is 2.73. The number of carbonyl (C=O) groups excluding carboxylic acids is 1. The van der Waals surface area contributed by atoms with E-state index in [-0.39, 0.29) is 11.7 Å². The summed E-state index contributed by atoms with van der Waals surface area (Å²) in [6.45, 7) is 5.29. The van der Waals surface area contributed by atoms with Crippen LogP contribution < -0.4 is 16.0 Å². The molecule has 0 saturated heterocycles.